The number of hydrogen-bond donors (Lipinski definition) is 1. The fourth-order valence-corrected chi connectivity index (χ4v) is 2.80. The van der Waals surface area contributed by atoms with Gasteiger partial charge in [0, 0.05) is 12.6 Å². The van der Waals surface area contributed by atoms with Gasteiger partial charge in [-0.25, -0.2) is 14.2 Å². The van der Waals surface area contributed by atoms with Crippen LogP contribution in [0.15, 0.2) is 34.1 Å². The molecule has 0 aliphatic carbocycles. The molecule has 9 nitrogen and oxygen atoms in total. The van der Waals surface area contributed by atoms with Crippen molar-refractivity contribution in [2.45, 2.75) is 32.9 Å². The summed E-state index contributed by atoms with van der Waals surface area (Å²) in [4.78, 5) is 42.5. The minimum Gasteiger partial charge on any atom is -0.339 e. The van der Waals surface area contributed by atoms with Crippen molar-refractivity contribution in [1.82, 2.24) is 19.1 Å². The van der Waals surface area contributed by atoms with Gasteiger partial charge in [-0.2, -0.15) is 0 Å². The molecule has 0 saturated heterocycles. The Hall–Kier alpha value is -3.30. The quantitative estimate of drug-likeness (QED) is 0.531. The van der Waals surface area contributed by atoms with Crippen LogP contribution in [0, 0.1) is 15.9 Å². The van der Waals surface area contributed by atoms with Crippen LogP contribution in [0.4, 0.5) is 10.1 Å². The zero-order valence-electron chi connectivity index (χ0n) is 13.9. The molecule has 0 unspecified atom stereocenters. The molecule has 0 aliphatic heterocycles. The third-order valence-electron chi connectivity index (χ3n) is 4.14. The summed E-state index contributed by atoms with van der Waals surface area (Å²) in [5.74, 6) is -0.852. The van der Waals surface area contributed by atoms with Crippen molar-refractivity contribution in [3.05, 3.63) is 66.9 Å². The van der Waals surface area contributed by atoms with Crippen molar-refractivity contribution < 1.29 is 9.31 Å². The highest BCUT2D eigenvalue weighted by molar-refractivity contribution is 5.68. The topological polar surface area (TPSA) is 116 Å². The summed E-state index contributed by atoms with van der Waals surface area (Å²) < 4.78 is 16.3. The summed E-state index contributed by atoms with van der Waals surface area (Å²) in [6.45, 7) is 1.74. The number of aryl methyl sites for hydroxylation is 1. The van der Waals surface area contributed by atoms with Gasteiger partial charge in [-0.1, -0.05) is 19.4 Å². The molecule has 0 amide bonds. The highest BCUT2D eigenvalue weighted by Gasteiger charge is 2.22. The van der Waals surface area contributed by atoms with Gasteiger partial charge in [0.05, 0.1) is 23.4 Å². The SMILES string of the molecule is CCCCn1c(=O)n(Cc2c(F)cccc2[N+](=O)[O-])c(=O)c2[nH]cnc21. The fraction of sp³-hybridized carbons (Fsp3) is 0.312. The van der Waals surface area contributed by atoms with Crippen LogP contribution < -0.4 is 11.2 Å². The molecule has 3 rings (SSSR count). The van der Waals surface area contributed by atoms with Crippen molar-refractivity contribution in [2.75, 3.05) is 0 Å². The first-order valence-electron chi connectivity index (χ1n) is 8.04. The van der Waals surface area contributed by atoms with Crippen LogP contribution in [0.3, 0.4) is 0 Å². The van der Waals surface area contributed by atoms with Crippen LogP contribution >= 0.6 is 0 Å². The van der Waals surface area contributed by atoms with Gasteiger partial charge in [-0.15, -0.1) is 0 Å². The Morgan fingerprint density at radius 3 is 2.77 bits per heavy atom. The van der Waals surface area contributed by atoms with Gasteiger partial charge in [0.25, 0.3) is 11.2 Å². The second-order valence-corrected chi connectivity index (χ2v) is 5.77. The minimum absolute atomic E-state index is 0.0969. The lowest BCUT2D eigenvalue weighted by molar-refractivity contribution is -0.385. The first-order chi connectivity index (χ1) is 12.5. The summed E-state index contributed by atoms with van der Waals surface area (Å²) in [6.07, 6.45) is 2.79. The van der Waals surface area contributed by atoms with E-state index >= 15 is 0 Å². The van der Waals surface area contributed by atoms with Gasteiger partial charge in [0.1, 0.15) is 11.3 Å². The van der Waals surface area contributed by atoms with Crippen LogP contribution in [-0.4, -0.2) is 24.0 Å². The third kappa shape index (κ3) is 2.89. The molecule has 0 aliphatic rings. The number of halogens is 1. The molecule has 2 heterocycles. The number of nitro benzene ring substituents is 1. The number of H-pyrrole nitrogens is 1. The molecule has 0 atom stereocenters. The van der Waals surface area contributed by atoms with Crippen LogP contribution in [0.5, 0.6) is 0 Å². The monoisotopic (exact) mass is 361 g/mol. The number of aromatic amines is 1. The van der Waals surface area contributed by atoms with Gasteiger partial charge in [0.15, 0.2) is 5.65 Å². The lowest BCUT2D eigenvalue weighted by Gasteiger charge is -2.11. The summed E-state index contributed by atoms with van der Waals surface area (Å²) >= 11 is 0. The lowest BCUT2D eigenvalue weighted by Crippen LogP contribution is -2.40. The van der Waals surface area contributed by atoms with Gasteiger partial charge < -0.3 is 4.98 Å². The summed E-state index contributed by atoms with van der Waals surface area (Å²) in [5, 5.41) is 11.2. The number of benzene rings is 1. The molecule has 0 spiro atoms. The Kier molecular flexibility index (Phi) is 4.65. The molecule has 0 fully saturated rings. The van der Waals surface area contributed by atoms with Crippen molar-refractivity contribution in [3.8, 4) is 0 Å². The number of imidazole rings is 1. The van der Waals surface area contributed by atoms with E-state index in [-0.39, 0.29) is 16.7 Å². The average molecular weight is 361 g/mol. The molecule has 1 N–H and O–H groups in total. The number of nitrogens with zero attached hydrogens (tertiary/aromatic N) is 4. The standard InChI is InChI=1S/C16H16FN5O4/c1-2-3-7-20-14-13(18-9-19-14)15(23)21(16(20)24)8-10-11(17)5-4-6-12(10)22(25)26/h4-6,9H,2-3,7-8H2,1H3,(H,18,19). The number of nitrogens with one attached hydrogen (secondary N) is 1. The first kappa shape index (κ1) is 17.5. The molecule has 3 aromatic rings. The molecule has 2 aromatic heterocycles. The zero-order valence-corrected chi connectivity index (χ0v) is 13.9. The number of rotatable bonds is 6. The summed E-state index contributed by atoms with van der Waals surface area (Å²) in [6, 6.07) is 3.39. The van der Waals surface area contributed by atoms with E-state index in [0.717, 1.165) is 23.1 Å². The molecule has 1 aromatic carbocycles. The Bertz CT molecular complexity index is 1100. The van der Waals surface area contributed by atoms with E-state index in [9.17, 15) is 24.1 Å². The van der Waals surface area contributed by atoms with Crippen molar-refractivity contribution >= 4 is 16.9 Å². The van der Waals surface area contributed by atoms with Crippen LogP contribution in [-0.2, 0) is 13.1 Å². The maximum Gasteiger partial charge on any atom is 0.333 e. The van der Waals surface area contributed by atoms with Crippen LogP contribution in [0.1, 0.15) is 25.3 Å². The van der Waals surface area contributed by atoms with E-state index in [4.69, 9.17) is 0 Å². The maximum absolute atomic E-state index is 14.2. The van der Waals surface area contributed by atoms with E-state index in [2.05, 4.69) is 9.97 Å². The molecule has 136 valence electrons. The van der Waals surface area contributed by atoms with Crippen LogP contribution in [0.2, 0.25) is 0 Å². The number of aromatic nitrogens is 4. The number of hydrogen-bond acceptors (Lipinski definition) is 5. The second kappa shape index (κ2) is 6.90. The normalized spacial score (nSPS) is 11.2. The molecule has 26 heavy (non-hydrogen) atoms. The van der Waals surface area contributed by atoms with E-state index < -0.39 is 34.2 Å². The molecule has 0 radical (unpaired) electrons. The maximum atomic E-state index is 14.2. The molecular formula is C16H16FN5O4. The van der Waals surface area contributed by atoms with Gasteiger partial charge in [-0.3, -0.25) is 24.0 Å². The van der Waals surface area contributed by atoms with Crippen molar-refractivity contribution in [2.24, 2.45) is 0 Å². The van der Waals surface area contributed by atoms with Crippen LogP contribution in [0.25, 0.3) is 11.2 Å². The van der Waals surface area contributed by atoms with E-state index in [1.165, 1.54) is 17.0 Å². The largest absolute Gasteiger partial charge is 0.339 e. The Labute approximate surface area is 145 Å². The molecule has 0 saturated carbocycles. The molecule has 0 bridgehead atoms. The summed E-state index contributed by atoms with van der Waals surface area (Å²) in [7, 11) is 0. The Morgan fingerprint density at radius 2 is 2.08 bits per heavy atom. The average Bonchev–Trinajstić information content (AvgIpc) is 3.09. The predicted molar refractivity (Wildman–Crippen MR) is 91.7 cm³/mol. The molecule has 10 heteroatoms. The number of fused-ring (bicyclic) bond motifs is 1. The highest BCUT2D eigenvalue weighted by Crippen LogP contribution is 2.21. The van der Waals surface area contributed by atoms with Crippen molar-refractivity contribution in [1.29, 1.82) is 0 Å². The van der Waals surface area contributed by atoms with Gasteiger partial charge in [-0.05, 0) is 12.5 Å². The summed E-state index contributed by atoms with van der Waals surface area (Å²) in [5.41, 5.74) is -1.88. The minimum atomic E-state index is -0.852. The van der Waals surface area contributed by atoms with Crippen molar-refractivity contribution in [3.63, 3.8) is 0 Å². The molecular weight excluding hydrogens is 345 g/mol. The zero-order chi connectivity index (χ0) is 18.8. The first-order valence-corrected chi connectivity index (χ1v) is 8.04. The van der Waals surface area contributed by atoms with E-state index in [0.29, 0.717) is 13.0 Å². The Balaban J connectivity index is 2.23. The predicted octanol–water partition coefficient (Wildman–Crippen LogP) is 1.78. The third-order valence-corrected chi connectivity index (χ3v) is 4.14. The Morgan fingerprint density at radius 1 is 1.31 bits per heavy atom. The lowest BCUT2D eigenvalue weighted by atomic mass is 10.1. The van der Waals surface area contributed by atoms with E-state index in [1.54, 1.807) is 0 Å². The number of nitro groups is 1. The number of unbranched alkanes of at least 4 members (excludes halogenated alkanes) is 1. The van der Waals surface area contributed by atoms with E-state index in [1.807, 2.05) is 6.92 Å². The fourth-order valence-electron chi connectivity index (χ4n) is 2.80. The smallest absolute Gasteiger partial charge is 0.333 e. The second-order valence-electron chi connectivity index (χ2n) is 5.77. The van der Waals surface area contributed by atoms with Gasteiger partial charge >= 0.3 is 5.69 Å². The van der Waals surface area contributed by atoms with Gasteiger partial charge in [0.2, 0.25) is 0 Å². The highest BCUT2D eigenvalue weighted by atomic mass is 19.1.